The van der Waals surface area contributed by atoms with Crippen molar-refractivity contribution in [2.75, 3.05) is 6.54 Å². The standard InChI is InChI=1S/C20H20N2O3S2/c1-14-3-5-17(6-4-14)20-22-18(13-26-20)11-12-21-27(24,25)19-9-7-16(8-10-19)15(2)23/h3-10,13,21H,11-12H2,1-2H3. The fraction of sp³-hybridized carbons (Fsp3) is 0.200. The Labute approximate surface area is 163 Å². The number of sulfonamides is 1. The predicted molar refractivity (Wildman–Crippen MR) is 108 cm³/mol. The van der Waals surface area contributed by atoms with Crippen LogP contribution in [0.3, 0.4) is 0 Å². The molecule has 0 saturated carbocycles. The maximum Gasteiger partial charge on any atom is 0.240 e. The third kappa shape index (κ3) is 4.88. The Morgan fingerprint density at radius 1 is 1.07 bits per heavy atom. The lowest BCUT2D eigenvalue weighted by atomic mass is 10.2. The van der Waals surface area contributed by atoms with Crippen molar-refractivity contribution in [3.05, 3.63) is 70.7 Å². The third-order valence-corrected chi connectivity index (χ3v) is 6.51. The molecular formula is C20H20N2O3S2. The highest BCUT2D eigenvalue weighted by molar-refractivity contribution is 7.89. The minimum absolute atomic E-state index is 0.0974. The molecule has 140 valence electrons. The number of nitrogens with zero attached hydrogens (tertiary/aromatic N) is 1. The van der Waals surface area contributed by atoms with E-state index in [0.29, 0.717) is 12.0 Å². The fourth-order valence-corrected chi connectivity index (χ4v) is 4.41. The van der Waals surface area contributed by atoms with Crippen LogP contribution in [0, 0.1) is 6.92 Å². The highest BCUT2D eigenvalue weighted by Crippen LogP contribution is 2.24. The summed E-state index contributed by atoms with van der Waals surface area (Å²) in [5, 5.41) is 2.87. The van der Waals surface area contributed by atoms with E-state index < -0.39 is 10.0 Å². The molecule has 1 aromatic heterocycles. The van der Waals surface area contributed by atoms with E-state index in [4.69, 9.17) is 0 Å². The SMILES string of the molecule is CC(=O)c1ccc(S(=O)(=O)NCCc2csc(-c3ccc(C)cc3)n2)cc1. The Hall–Kier alpha value is -2.35. The Kier molecular flexibility index (Phi) is 5.84. The van der Waals surface area contributed by atoms with Gasteiger partial charge in [-0.15, -0.1) is 11.3 Å². The highest BCUT2D eigenvalue weighted by Gasteiger charge is 2.14. The van der Waals surface area contributed by atoms with Gasteiger partial charge in [-0.3, -0.25) is 4.79 Å². The molecule has 0 unspecified atom stereocenters. The molecule has 0 atom stereocenters. The Balaban J connectivity index is 1.60. The normalized spacial score (nSPS) is 11.5. The zero-order valence-corrected chi connectivity index (χ0v) is 16.7. The van der Waals surface area contributed by atoms with Crippen LogP contribution in [0.15, 0.2) is 58.8 Å². The first-order valence-corrected chi connectivity index (χ1v) is 10.8. The average molecular weight is 401 g/mol. The van der Waals surface area contributed by atoms with Crippen molar-refractivity contribution in [1.29, 1.82) is 0 Å². The van der Waals surface area contributed by atoms with Crippen molar-refractivity contribution in [3.8, 4) is 10.6 Å². The number of rotatable bonds is 7. The number of nitrogens with one attached hydrogen (secondary N) is 1. The van der Waals surface area contributed by atoms with Crippen molar-refractivity contribution in [2.45, 2.75) is 25.2 Å². The minimum Gasteiger partial charge on any atom is -0.295 e. The molecule has 0 radical (unpaired) electrons. The Bertz CT molecular complexity index is 1040. The second-order valence-corrected chi connectivity index (χ2v) is 8.86. The van der Waals surface area contributed by atoms with Gasteiger partial charge in [-0.2, -0.15) is 0 Å². The summed E-state index contributed by atoms with van der Waals surface area (Å²) in [5.74, 6) is -0.0974. The van der Waals surface area contributed by atoms with Crippen molar-refractivity contribution in [2.24, 2.45) is 0 Å². The zero-order valence-electron chi connectivity index (χ0n) is 15.1. The van der Waals surface area contributed by atoms with Crippen LogP contribution in [0.4, 0.5) is 0 Å². The second kappa shape index (κ2) is 8.12. The second-order valence-electron chi connectivity index (χ2n) is 6.24. The van der Waals surface area contributed by atoms with Crippen LogP contribution in [0.1, 0.15) is 28.5 Å². The molecule has 3 rings (SSSR count). The lowest BCUT2D eigenvalue weighted by molar-refractivity contribution is 0.101. The number of carbonyl (C=O) groups excluding carboxylic acids is 1. The van der Waals surface area contributed by atoms with Gasteiger partial charge in [0.15, 0.2) is 5.78 Å². The lowest BCUT2D eigenvalue weighted by Gasteiger charge is -2.06. The van der Waals surface area contributed by atoms with Gasteiger partial charge in [0.2, 0.25) is 10.0 Å². The van der Waals surface area contributed by atoms with E-state index in [0.717, 1.165) is 16.3 Å². The molecule has 0 fully saturated rings. The maximum atomic E-state index is 12.3. The molecule has 0 aliphatic heterocycles. The summed E-state index contributed by atoms with van der Waals surface area (Å²) in [6.07, 6.45) is 0.507. The number of hydrogen-bond acceptors (Lipinski definition) is 5. The molecule has 0 bridgehead atoms. The number of thiazole rings is 1. The van der Waals surface area contributed by atoms with Gasteiger partial charge in [0.25, 0.3) is 0 Å². The molecule has 27 heavy (non-hydrogen) atoms. The number of Topliss-reactive ketones (excluding diaryl/α,β-unsaturated/α-hetero) is 1. The number of benzene rings is 2. The Morgan fingerprint density at radius 2 is 1.74 bits per heavy atom. The quantitative estimate of drug-likeness (QED) is 0.611. The molecule has 0 amide bonds. The Morgan fingerprint density at radius 3 is 2.37 bits per heavy atom. The summed E-state index contributed by atoms with van der Waals surface area (Å²) in [6, 6.07) is 14.1. The van der Waals surface area contributed by atoms with Crippen molar-refractivity contribution < 1.29 is 13.2 Å². The number of ketones is 1. The topological polar surface area (TPSA) is 76.1 Å². The van der Waals surface area contributed by atoms with E-state index in [1.807, 2.05) is 36.6 Å². The minimum atomic E-state index is -3.61. The highest BCUT2D eigenvalue weighted by atomic mass is 32.2. The first-order valence-electron chi connectivity index (χ1n) is 8.47. The van der Waals surface area contributed by atoms with Crippen LogP contribution >= 0.6 is 11.3 Å². The van der Waals surface area contributed by atoms with E-state index in [9.17, 15) is 13.2 Å². The van der Waals surface area contributed by atoms with Crippen LogP contribution in [0.5, 0.6) is 0 Å². The fourth-order valence-electron chi connectivity index (χ4n) is 2.52. The van der Waals surface area contributed by atoms with E-state index >= 15 is 0 Å². The van der Waals surface area contributed by atoms with Gasteiger partial charge in [-0.25, -0.2) is 18.1 Å². The van der Waals surface area contributed by atoms with Gasteiger partial charge in [0.1, 0.15) is 5.01 Å². The molecule has 0 aliphatic rings. The van der Waals surface area contributed by atoms with Crippen molar-refractivity contribution in [3.63, 3.8) is 0 Å². The van der Waals surface area contributed by atoms with Crippen LogP contribution in [0.2, 0.25) is 0 Å². The number of aryl methyl sites for hydroxylation is 1. The van der Waals surface area contributed by atoms with Gasteiger partial charge >= 0.3 is 0 Å². The first-order chi connectivity index (χ1) is 12.8. The lowest BCUT2D eigenvalue weighted by Crippen LogP contribution is -2.26. The summed E-state index contributed by atoms with van der Waals surface area (Å²) in [6.45, 7) is 3.74. The maximum absolute atomic E-state index is 12.3. The number of hydrogen-bond donors (Lipinski definition) is 1. The number of aromatic nitrogens is 1. The molecule has 5 nitrogen and oxygen atoms in total. The summed E-state index contributed by atoms with van der Waals surface area (Å²) < 4.78 is 27.3. The van der Waals surface area contributed by atoms with E-state index in [1.54, 1.807) is 11.3 Å². The largest absolute Gasteiger partial charge is 0.295 e. The molecule has 7 heteroatoms. The van der Waals surface area contributed by atoms with Gasteiger partial charge in [-0.05, 0) is 26.0 Å². The van der Waals surface area contributed by atoms with Gasteiger partial charge < -0.3 is 0 Å². The third-order valence-electron chi connectivity index (χ3n) is 4.09. The summed E-state index contributed by atoms with van der Waals surface area (Å²) in [5.41, 5.74) is 3.59. The van der Waals surface area contributed by atoms with E-state index in [-0.39, 0.29) is 17.2 Å². The molecule has 2 aromatic carbocycles. The predicted octanol–water partition coefficient (Wildman–Crippen LogP) is 3.84. The number of carbonyl (C=O) groups is 1. The molecule has 0 spiro atoms. The summed E-state index contributed by atoms with van der Waals surface area (Å²) >= 11 is 1.55. The van der Waals surface area contributed by atoms with Crippen molar-refractivity contribution in [1.82, 2.24) is 9.71 Å². The molecular weight excluding hydrogens is 380 g/mol. The molecule has 3 aromatic rings. The van der Waals surface area contributed by atoms with Gasteiger partial charge in [-0.1, -0.05) is 42.0 Å². The van der Waals surface area contributed by atoms with Crippen LogP contribution in [-0.4, -0.2) is 25.7 Å². The molecule has 1 N–H and O–H groups in total. The summed E-state index contributed by atoms with van der Waals surface area (Å²) in [7, 11) is -3.61. The molecule has 0 aliphatic carbocycles. The zero-order chi connectivity index (χ0) is 19.4. The average Bonchev–Trinajstić information content (AvgIpc) is 3.11. The molecule has 1 heterocycles. The van der Waals surface area contributed by atoms with Gasteiger partial charge in [0, 0.05) is 29.5 Å². The van der Waals surface area contributed by atoms with E-state index in [2.05, 4.69) is 9.71 Å². The monoisotopic (exact) mass is 400 g/mol. The smallest absolute Gasteiger partial charge is 0.240 e. The van der Waals surface area contributed by atoms with Crippen LogP contribution in [0.25, 0.3) is 10.6 Å². The van der Waals surface area contributed by atoms with Crippen LogP contribution < -0.4 is 4.72 Å². The van der Waals surface area contributed by atoms with Crippen LogP contribution in [-0.2, 0) is 16.4 Å². The van der Waals surface area contributed by atoms with Crippen molar-refractivity contribution >= 4 is 27.1 Å². The first kappa shape index (κ1) is 19.4. The summed E-state index contributed by atoms with van der Waals surface area (Å²) in [4.78, 5) is 16.0. The van der Waals surface area contributed by atoms with E-state index in [1.165, 1.54) is 36.8 Å². The van der Waals surface area contributed by atoms with Gasteiger partial charge in [0.05, 0.1) is 10.6 Å². The molecule has 0 saturated heterocycles.